The number of carbonyl (C=O) groups is 1. The Morgan fingerprint density at radius 3 is 2.57 bits per heavy atom. The maximum Gasteiger partial charge on any atom is 0.328 e. The number of anilines is 1. The molecule has 6 heteroatoms. The summed E-state index contributed by atoms with van der Waals surface area (Å²) >= 11 is 0. The molecule has 0 heterocycles. The van der Waals surface area contributed by atoms with Crippen molar-refractivity contribution in [2.75, 3.05) is 10.5 Å². The number of nitrogens with one attached hydrogen (secondary N) is 1. The summed E-state index contributed by atoms with van der Waals surface area (Å²) in [4.78, 5) is 10.5. The van der Waals surface area contributed by atoms with Crippen LogP contribution < -0.4 is 4.72 Å². The van der Waals surface area contributed by atoms with Crippen molar-refractivity contribution in [1.29, 1.82) is 0 Å². The van der Waals surface area contributed by atoms with Gasteiger partial charge in [-0.05, 0) is 48.6 Å². The Kier molecular flexibility index (Phi) is 5.96. The van der Waals surface area contributed by atoms with E-state index in [1.54, 1.807) is 18.2 Å². The molecule has 0 fully saturated rings. The van der Waals surface area contributed by atoms with Crippen LogP contribution in [-0.2, 0) is 14.8 Å². The third kappa shape index (κ3) is 6.94. The highest BCUT2D eigenvalue weighted by Gasteiger charge is 2.11. The van der Waals surface area contributed by atoms with Crippen LogP contribution in [0.15, 0.2) is 24.3 Å². The number of hydrogen-bond donors (Lipinski definition) is 2. The maximum absolute atomic E-state index is 12.0. The number of rotatable bonds is 7. The number of hydrogen-bond acceptors (Lipinski definition) is 3. The summed E-state index contributed by atoms with van der Waals surface area (Å²) in [6.07, 6.45) is 3.04. The molecule has 0 saturated carbocycles. The lowest BCUT2D eigenvalue weighted by Crippen LogP contribution is -2.18. The van der Waals surface area contributed by atoms with Crippen molar-refractivity contribution in [2.45, 2.75) is 27.2 Å². The average Bonchev–Trinajstić information content (AvgIpc) is 2.33. The minimum Gasteiger partial charge on any atom is -0.478 e. The first-order chi connectivity index (χ1) is 9.68. The lowest BCUT2D eigenvalue weighted by atomic mass is 10.1. The largest absolute Gasteiger partial charge is 0.478 e. The zero-order valence-corrected chi connectivity index (χ0v) is 13.3. The molecule has 0 atom stereocenters. The van der Waals surface area contributed by atoms with Crippen LogP contribution in [0, 0.1) is 12.8 Å². The quantitative estimate of drug-likeness (QED) is 0.758. The number of benzene rings is 1. The normalized spacial score (nSPS) is 12.0. The van der Waals surface area contributed by atoms with Crippen molar-refractivity contribution in [3.05, 3.63) is 35.4 Å². The van der Waals surface area contributed by atoms with E-state index in [4.69, 9.17) is 5.11 Å². The number of carboxylic acids is 1. The summed E-state index contributed by atoms with van der Waals surface area (Å²) in [7, 11) is -3.38. The first-order valence-electron chi connectivity index (χ1n) is 6.71. The van der Waals surface area contributed by atoms with E-state index in [1.807, 2.05) is 20.8 Å². The summed E-state index contributed by atoms with van der Waals surface area (Å²) in [5.41, 5.74) is 1.94. The predicted molar refractivity (Wildman–Crippen MR) is 84.7 cm³/mol. The molecule has 1 aromatic carbocycles. The fourth-order valence-electron chi connectivity index (χ4n) is 1.76. The highest BCUT2D eigenvalue weighted by molar-refractivity contribution is 7.92. The molecule has 21 heavy (non-hydrogen) atoms. The number of sulfonamides is 1. The first-order valence-corrected chi connectivity index (χ1v) is 8.36. The van der Waals surface area contributed by atoms with Gasteiger partial charge in [0.25, 0.3) is 0 Å². The van der Waals surface area contributed by atoms with Gasteiger partial charge in [0.2, 0.25) is 10.0 Å². The summed E-state index contributed by atoms with van der Waals surface area (Å²) in [5.74, 6) is -0.664. The molecule has 2 N–H and O–H groups in total. The van der Waals surface area contributed by atoms with Crippen molar-refractivity contribution in [3.8, 4) is 0 Å². The molecular weight excluding hydrogens is 290 g/mol. The van der Waals surface area contributed by atoms with Gasteiger partial charge in [-0.2, -0.15) is 0 Å². The van der Waals surface area contributed by atoms with Gasteiger partial charge in [0.15, 0.2) is 0 Å². The highest BCUT2D eigenvalue weighted by atomic mass is 32.2. The minimum absolute atomic E-state index is 0.0684. The van der Waals surface area contributed by atoms with Gasteiger partial charge in [-0.3, -0.25) is 4.72 Å². The summed E-state index contributed by atoms with van der Waals surface area (Å²) < 4.78 is 26.5. The van der Waals surface area contributed by atoms with Crippen LogP contribution in [0.25, 0.3) is 6.08 Å². The molecule has 116 valence electrons. The lowest BCUT2D eigenvalue weighted by molar-refractivity contribution is -0.131. The maximum atomic E-state index is 12.0. The molecule has 5 nitrogen and oxygen atoms in total. The molecule has 0 aromatic heterocycles. The summed E-state index contributed by atoms with van der Waals surface area (Å²) in [6.45, 7) is 5.76. The van der Waals surface area contributed by atoms with E-state index in [0.717, 1.165) is 11.6 Å². The van der Waals surface area contributed by atoms with E-state index in [-0.39, 0.29) is 5.75 Å². The fraction of sp³-hybridized carbons (Fsp3) is 0.400. The van der Waals surface area contributed by atoms with Gasteiger partial charge in [-0.1, -0.05) is 19.9 Å². The van der Waals surface area contributed by atoms with Gasteiger partial charge >= 0.3 is 5.97 Å². The zero-order chi connectivity index (χ0) is 16.0. The smallest absolute Gasteiger partial charge is 0.328 e. The van der Waals surface area contributed by atoms with Crippen LogP contribution in [0.2, 0.25) is 0 Å². The van der Waals surface area contributed by atoms with Crippen molar-refractivity contribution in [2.24, 2.45) is 5.92 Å². The van der Waals surface area contributed by atoms with E-state index in [0.29, 0.717) is 23.6 Å². The molecule has 0 aliphatic carbocycles. The Balaban J connectivity index is 2.91. The molecular formula is C15H21NO4S. The van der Waals surface area contributed by atoms with E-state index in [9.17, 15) is 13.2 Å². The molecule has 1 aromatic rings. The van der Waals surface area contributed by atoms with Gasteiger partial charge in [-0.25, -0.2) is 13.2 Å². The van der Waals surface area contributed by atoms with E-state index < -0.39 is 16.0 Å². The molecule has 0 aliphatic heterocycles. The Morgan fingerprint density at radius 1 is 1.33 bits per heavy atom. The van der Waals surface area contributed by atoms with Gasteiger partial charge in [0, 0.05) is 11.8 Å². The average molecular weight is 311 g/mol. The molecule has 1 rings (SSSR count). The molecule has 0 saturated heterocycles. The van der Waals surface area contributed by atoms with Gasteiger partial charge in [-0.15, -0.1) is 0 Å². The molecule has 0 spiro atoms. The van der Waals surface area contributed by atoms with Crippen LogP contribution >= 0.6 is 0 Å². The monoisotopic (exact) mass is 311 g/mol. The third-order valence-electron chi connectivity index (χ3n) is 2.76. The van der Waals surface area contributed by atoms with Crippen molar-refractivity contribution in [1.82, 2.24) is 0 Å². The number of aliphatic carboxylic acids is 1. The summed E-state index contributed by atoms with van der Waals surface area (Å²) in [5, 5.41) is 8.62. The van der Waals surface area contributed by atoms with Crippen molar-refractivity contribution < 1.29 is 18.3 Å². The van der Waals surface area contributed by atoms with Crippen LogP contribution in [0.4, 0.5) is 5.69 Å². The second-order valence-electron chi connectivity index (χ2n) is 5.41. The lowest BCUT2D eigenvalue weighted by Gasteiger charge is -2.11. The van der Waals surface area contributed by atoms with Crippen LogP contribution in [0.3, 0.4) is 0 Å². The molecule has 0 unspecified atom stereocenters. The van der Waals surface area contributed by atoms with Crippen LogP contribution in [0.1, 0.15) is 31.4 Å². The Labute approximate surface area is 125 Å². The highest BCUT2D eigenvalue weighted by Crippen LogP contribution is 2.18. The minimum atomic E-state index is -3.38. The molecule has 0 amide bonds. The van der Waals surface area contributed by atoms with E-state index in [2.05, 4.69) is 4.72 Å². The van der Waals surface area contributed by atoms with Crippen molar-refractivity contribution >= 4 is 27.8 Å². The molecule has 0 bridgehead atoms. The topological polar surface area (TPSA) is 83.5 Å². The first kappa shape index (κ1) is 17.2. The molecule has 0 radical (unpaired) electrons. The number of aryl methyl sites for hydroxylation is 1. The second-order valence-corrected chi connectivity index (χ2v) is 7.25. The Morgan fingerprint density at radius 2 is 2.00 bits per heavy atom. The third-order valence-corrected chi connectivity index (χ3v) is 4.08. The van der Waals surface area contributed by atoms with Crippen LogP contribution in [-0.4, -0.2) is 25.2 Å². The molecule has 0 aliphatic rings. The van der Waals surface area contributed by atoms with Gasteiger partial charge in [0.1, 0.15) is 0 Å². The SMILES string of the molecule is Cc1cc(/C=C/C(=O)O)cc(NS(=O)(=O)CCC(C)C)c1. The fourth-order valence-corrected chi connectivity index (χ4v) is 3.12. The summed E-state index contributed by atoms with van der Waals surface area (Å²) in [6, 6.07) is 5.11. The van der Waals surface area contributed by atoms with Gasteiger partial charge in [0.05, 0.1) is 5.75 Å². The zero-order valence-electron chi connectivity index (χ0n) is 12.5. The Bertz CT molecular complexity index is 633. The second kappa shape index (κ2) is 7.26. The Hall–Kier alpha value is -1.82. The van der Waals surface area contributed by atoms with E-state index >= 15 is 0 Å². The number of carboxylic acid groups (broad SMARTS) is 1. The standard InChI is InChI=1S/C15H21NO4S/c1-11(2)6-7-21(19,20)16-14-9-12(3)8-13(10-14)4-5-15(17)18/h4-5,8-11,16H,6-7H2,1-3H3,(H,17,18)/b5-4+. The predicted octanol–water partition coefficient (Wildman–Crippen LogP) is 2.88. The van der Waals surface area contributed by atoms with Gasteiger partial charge < -0.3 is 5.11 Å². The van der Waals surface area contributed by atoms with Crippen LogP contribution in [0.5, 0.6) is 0 Å². The van der Waals surface area contributed by atoms with E-state index in [1.165, 1.54) is 6.08 Å². The van der Waals surface area contributed by atoms with Crippen molar-refractivity contribution in [3.63, 3.8) is 0 Å².